The first-order valence-corrected chi connectivity index (χ1v) is 5.59. The molecule has 0 aromatic heterocycles. The van der Waals surface area contributed by atoms with E-state index in [1.165, 1.54) is 0 Å². The Labute approximate surface area is 106 Å². The molecule has 0 aliphatic heterocycles. The van der Waals surface area contributed by atoms with Crippen molar-refractivity contribution in [1.29, 1.82) is 5.26 Å². The summed E-state index contributed by atoms with van der Waals surface area (Å²) >= 11 is 2.33. The molecule has 0 bridgehead atoms. The monoisotopic (exact) mass is 325 g/mol. The van der Waals surface area contributed by atoms with Gasteiger partial charge in [-0.1, -0.05) is 0 Å². The molecule has 0 saturated carbocycles. The van der Waals surface area contributed by atoms with Gasteiger partial charge in [0.1, 0.15) is 6.07 Å². The number of hydrogen-bond acceptors (Lipinski definition) is 3. The van der Waals surface area contributed by atoms with Crippen LogP contribution in [0.1, 0.15) is 15.9 Å². The molecule has 0 unspecified atom stereocenters. The van der Waals surface area contributed by atoms with Crippen molar-refractivity contribution in [3.05, 3.63) is 27.7 Å². The number of alkyl halides is 3. The quantitative estimate of drug-likeness (QED) is 0.843. The third kappa shape index (κ3) is 3.38. The zero-order valence-electron chi connectivity index (χ0n) is 7.88. The third-order valence-electron chi connectivity index (χ3n) is 1.67. The minimum absolute atomic E-state index is 0.198. The van der Waals surface area contributed by atoms with E-state index in [0.29, 0.717) is 0 Å². The van der Waals surface area contributed by atoms with E-state index in [-0.39, 0.29) is 14.9 Å². The first-order valence-electron chi connectivity index (χ1n) is 3.98. The molecule has 1 N–H and O–H groups in total. The van der Waals surface area contributed by atoms with Gasteiger partial charge in [0.05, 0.1) is 11.1 Å². The Morgan fingerprint density at radius 2 is 2.06 bits per heavy atom. The molecular weight excluding hydrogens is 323 g/mol. The highest BCUT2D eigenvalue weighted by Crippen LogP contribution is 2.42. The minimum atomic E-state index is -4.52. The predicted octanol–water partition coefficient (Wildman–Crippen LogP) is 3.63. The van der Waals surface area contributed by atoms with Crippen molar-refractivity contribution in [2.24, 2.45) is 0 Å². The second kappa shape index (κ2) is 4.98. The molecule has 17 heavy (non-hydrogen) atoms. The Hall–Kier alpha value is -1.20. The van der Waals surface area contributed by atoms with Gasteiger partial charge in [-0.25, -0.2) is 4.79 Å². The van der Waals surface area contributed by atoms with Gasteiger partial charge >= 0.3 is 11.5 Å². The fraction of sp³-hybridized carbons (Fsp3) is 0.111. The van der Waals surface area contributed by atoms with Crippen molar-refractivity contribution in [2.45, 2.75) is 10.4 Å². The molecule has 1 aromatic carbocycles. The first kappa shape index (κ1) is 13.9. The van der Waals surface area contributed by atoms with Gasteiger partial charge in [-0.3, -0.25) is 0 Å². The maximum atomic E-state index is 12.2. The molecule has 0 atom stereocenters. The van der Waals surface area contributed by atoms with E-state index < -0.39 is 28.8 Å². The van der Waals surface area contributed by atoms with E-state index in [9.17, 15) is 18.0 Å². The Morgan fingerprint density at radius 3 is 2.47 bits per heavy atom. The van der Waals surface area contributed by atoms with Crippen LogP contribution in [0.25, 0.3) is 0 Å². The van der Waals surface area contributed by atoms with Crippen molar-refractivity contribution in [3.63, 3.8) is 0 Å². The molecular formula is C9H3BrF3NO2S. The molecule has 0 fully saturated rings. The van der Waals surface area contributed by atoms with Crippen LogP contribution in [0.3, 0.4) is 0 Å². The molecule has 0 spiro atoms. The highest BCUT2D eigenvalue weighted by molar-refractivity contribution is 9.10. The second-order valence-corrected chi connectivity index (χ2v) is 4.66. The summed E-state index contributed by atoms with van der Waals surface area (Å²) in [5, 5.41) is 17.5. The van der Waals surface area contributed by atoms with Gasteiger partial charge in [0.25, 0.3) is 0 Å². The minimum Gasteiger partial charge on any atom is -0.478 e. The van der Waals surface area contributed by atoms with Crippen molar-refractivity contribution >= 4 is 33.7 Å². The number of benzene rings is 1. The lowest BCUT2D eigenvalue weighted by molar-refractivity contribution is -0.0328. The zero-order chi connectivity index (χ0) is 13.2. The summed E-state index contributed by atoms with van der Waals surface area (Å²) in [5.74, 6) is -1.46. The van der Waals surface area contributed by atoms with Crippen LogP contribution in [0.4, 0.5) is 13.2 Å². The Balaban J connectivity index is 3.35. The Bertz CT molecular complexity index is 510. The molecule has 90 valence electrons. The highest BCUT2D eigenvalue weighted by Gasteiger charge is 2.31. The van der Waals surface area contributed by atoms with E-state index in [2.05, 4.69) is 15.9 Å². The van der Waals surface area contributed by atoms with Crippen molar-refractivity contribution in [1.82, 2.24) is 0 Å². The van der Waals surface area contributed by atoms with Gasteiger partial charge in [0.15, 0.2) is 0 Å². The second-order valence-electron chi connectivity index (χ2n) is 2.77. The van der Waals surface area contributed by atoms with Gasteiger partial charge in [0.2, 0.25) is 0 Å². The molecule has 0 amide bonds. The van der Waals surface area contributed by atoms with Crippen LogP contribution >= 0.6 is 27.7 Å². The smallest absolute Gasteiger partial charge is 0.446 e. The van der Waals surface area contributed by atoms with E-state index in [1.54, 1.807) is 6.07 Å². The van der Waals surface area contributed by atoms with Gasteiger partial charge < -0.3 is 5.11 Å². The van der Waals surface area contributed by atoms with Crippen molar-refractivity contribution < 1.29 is 23.1 Å². The predicted molar refractivity (Wildman–Crippen MR) is 57.7 cm³/mol. The lowest BCUT2D eigenvalue weighted by Gasteiger charge is -2.10. The van der Waals surface area contributed by atoms with Crippen LogP contribution in [-0.4, -0.2) is 16.6 Å². The summed E-state index contributed by atoms with van der Waals surface area (Å²) in [6.45, 7) is 0. The van der Waals surface area contributed by atoms with Gasteiger partial charge in [-0.2, -0.15) is 18.4 Å². The average Bonchev–Trinajstić information content (AvgIpc) is 2.18. The van der Waals surface area contributed by atoms with E-state index in [1.807, 2.05) is 0 Å². The maximum Gasteiger partial charge on any atom is 0.446 e. The lowest BCUT2D eigenvalue weighted by Crippen LogP contribution is -2.05. The average molecular weight is 326 g/mol. The summed E-state index contributed by atoms with van der Waals surface area (Å²) < 4.78 is 36.3. The number of aromatic carboxylic acids is 1. The Kier molecular flexibility index (Phi) is 4.06. The van der Waals surface area contributed by atoms with E-state index >= 15 is 0 Å². The maximum absolute atomic E-state index is 12.2. The number of thioether (sulfide) groups is 1. The lowest BCUT2D eigenvalue weighted by atomic mass is 10.1. The van der Waals surface area contributed by atoms with Crippen LogP contribution in [0.5, 0.6) is 0 Å². The van der Waals surface area contributed by atoms with E-state index in [0.717, 1.165) is 12.1 Å². The number of nitrogens with zero attached hydrogens (tertiary/aromatic N) is 1. The fourth-order valence-electron chi connectivity index (χ4n) is 1.06. The van der Waals surface area contributed by atoms with Crippen LogP contribution < -0.4 is 0 Å². The number of carboxylic acid groups (broad SMARTS) is 1. The van der Waals surface area contributed by atoms with Crippen LogP contribution in [0.2, 0.25) is 0 Å². The molecule has 3 nitrogen and oxygen atoms in total. The van der Waals surface area contributed by atoms with Gasteiger partial charge in [-0.15, -0.1) is 0 Å². The number of carbonyl (C=O) groups is 1. The third-order valence-corrected chi connectivity index (χ3v) is 3.54. The van der Waals surface area contributed by atoms with Crippen LogP contribution in [-0.2, 0) is 0 Å². The summed E-state index contributed by atoms with van der Waals surface area (Å²) in [6.07, 6.45) is 0. The summed E-state index contributed by atoms with van der Waals surface area (Å²) in [6, 6.07) is 3.70. The number of halogens is 4. The van der Waals surface area contributed by atoms with Crippen molar-refractivity contribution in [3.8, 4) is 6.07 Å². The molecule has 8 heteroatoms. The molecule has 0 radical (unpaired) electrons. The molecule has 1 rings (SSSR count). The fourth-order valence-corrected chi connectivity index (χ4v) is 2.40. The zero-order valence-corrected chi connectivity index (χ0v) is 10.3. The number of nitriles is 1. The number of hydrogen-bond donors (Lipinski definition) is 1. The summed E-state index contributed by atoms with van der Waals surface area (Å²) in [4.78, 5) is 10.6. The van der Waals surface area contributed by atoms with Crippen LogP contribution in [0.15, 0.2) is 21.5 Å². The van der Waals surface area contributed by atoms with Crippen LogP contribution in [0, 0.1) is 11.3 Å². The molecule has 0 aliphatic carbocycles. The summed E-state index contributed by atoms with van der Waals surface area (Å²) in [7, 11) is 0. The topological polar surface area (TPSA) is 61.1 Å². The number of carboxylic acids is 1. The SMILES string of the molecule is N#Cc1ccc(SC(F)(F)F)c(Br)c1C(=O)O. The molecule has 0 heterocycles. The molecule has 1 aromatic rings. The van der Waals surface area contributed by atoms with Gasteiger partial charge in [0, 0.05) is 9.37 Å². The highest BCUT2D eigenvalue weighted by atomic mass is 79.9. The standard InChI is InChI=1S/C9H3BrF3NO2S/c10-7-5(17-9(11,12)13)2-1-4(3-14)6(7)8(15)16/h1-2H,(H,15,16). The largest absolute Gasteiger partial charge is 0.478 e. The molecule has 0 saturated heterocycles. The summed E-state index contributed by atoms with van der Waals surface area (Å²) in [5.41, 5.74) is -5.19. The van der Waals surface area contributed by atoms with Gasteiger partial charge in [-0.05, 0) is 39.8 Å². The number of rotatable bonds is 2. The Morgan fingerprint density at radius 1 is 1.47 bits per heavy atom. The normalized spacial score (nSPS) is 11.0. The van der Waals surface area contributed by atoms with Crippen molar-refractivity contribution in [2.75, 3.05) is 0 Å². The first-order chi connectivity index (χ1) is 7.76. The molecule has 0 aliphatic rings. The van der Waals surface area contributed by atoms with E-state index in [4.69, 9.17) is 10.4 Å².